The molecule has 0 atom stereocenters. The van der Waals surface area contributed by atoms with Crippen molar-refractivity contribution in [2.75, 3.05) is 0 Å². The molecule has 2 nitrogen and oxygen atoms in total. The standard InChI is InChI=1S/C19H39NO/c1-3-4-5-6-7-8-9-10-11-12-13-14-15-16-17-18-19(2)20-21/h21H,3-18H2,1-2H3. The highest BCUT2D eigenvalue weighted by Crippen LogP contribution is 2.13. The Kier molecular flexibility index (Phi) is 17.1. The lowest BCUT2D eigenvalue weighted by atomic mass is 10.0. The molecule has 0 aromatic carbocycles. The van der Waals surface area contributed by atoms with E-state index in [-0.39, 0.29) is 0 Å². The summed E-state index contributed by atoms with van der Waals surface area (Å²) < 4.78 is 0. The van der Waals surface area contributed by atoms with Crippen molar-refractivity contribution in [2.45, 2.75) is 117 Å². The lowest BCUT2D eigenvalue weighted by Gasteiger charge is -2.03. The van der Waals surface area contributed by atoms with E-state index in [4.69, 9.17) is 5.21 Å². The second-order valence-electron chi connectivity index (χ2n) is 6.54. The third-order valence-electron chi connectivity index (χ3n) is 4.31. The van der Waals surface area contributed by atoms with Gasteiger partial charge in [-0.05, 0) is 19.8 Å². The molecular weight excluding hydrogens is 258 g/mol. The molecule has 0 aliphatic carbocycles. The van der Waals surface area contributed by atoms with Crippen molar-refractivity contribution in [3.05, 3.63) is 0 Å². The molecule has 0 aromatic rings. The Morgan fingerprint density at radius 3 is 1.29 bits per heavy atom. The first kappa shape index (κ1) is 20.5. The Bertz CT molecular complexity index is 226. The summed E-state index contributed by atoms with van der Waals surface area (Å²) in [5, 5.41) is 11.7. The van der Waals surface area contributed by atoms with Gasteiger partial charge in [0.15, 0.2) is 0 Å². The Morgan fingerprint density at radius 2 is 0.952 bits per heavy atom. The lowest BCUT2D eigenvalue weighted by molar-refractivity contribution is 0.317. The number of oxime groups is 1. The maximum absolute atomic E-state index is 8.54. The molecule has 126 valence electrons. The number of hydrogen-bond acceptors (Lipinski definition) is 2. The second kappa shape index (κ2) is 17.5. The first-order valence-electron chi connectivity index (χ1n) is 9.48. The van der Waals surface area contributed by atoms with Gasteiger partial charge in [-0.2, -0.15) is 0 Å². The summed E-state index contributed by atoms with van der Waals surface area (Å²) >= 11 is 0. The van der Waals surface area contributed by atoms with Crippen LogP contribution in [-0.4, -0.2) is 10.9 Å². The van der Waals surface area contributed by atoms with Crippen LogP contribution in [0.25, 0.3) is 0 Å². The lowest BCUT2D eigenvalue weighted by Crippen LogP contribution is -1.90. The Labute approximate surface area is 133 Å². The number of nitrogens with zero attached hydrogens (tertiary/aromatic N) is 1. The summed E-state index contributed by atoms with van der Waals surface area (Å²) in [5.74, 6) is 0. The Balaban J connectivity index is 2.99. The Hall–Kier alpha value is -0.530. The molecule has 0 saturated carbocycles. The minimum absolute atomic E-state index is 0.865. The maximum atomic E-state index is 8.54. The summed E-state index contributed by atoms with van der Waals surface area (Å²) in [6.07, 6.45) is 21.9. The predicted molar refractivity (Wildman–Crippen MR) is 94.4 cm³/mol. The fourth-order valence-corrected chi connectivity index (χ4v) is 2.80. The number of rotatable bonds is 16. The minimum atomic E-state index is 0.865. The van der Waals surface area contributed by atoms with Crippen molar-refractivity contribution in [3.63, 3.8) is 0 Å². The molecule has 0 bridgehead atoms. The molecule has 0 spiro atoms. The highest BCUT2D eigenvalue weighted by molar-refractivity contribution is 5.81. The fraction of sp³-hybridized carbons (Fsp3) is 0.947. The van der Waals surface area contributed by atoms with E-state index in [1.54, 1.807) is 0 Å². The van der Waals surface area contributed by atoms with Crippen LogP contribution >= 0.6 is 0 Å². The van der Waals surface area contributed by atoms with Gasteiger partial charge in [-0.25, -0.2) is 0 Å². The van der Waals surface area contributed by atoms with Gasteiger partial charge < -0.3 is 5.21 Å². The fourth-order valence-electron chi connectivity index (χ4n) is 2.80. The number of hydrogen-bond donors (Lipinski definition) is 1. The molecule has 0 fully saturated rings. The van der Waals surface area contributed by atoms with E-state index in [2.05, 4.69) is 12.1 Å². The largest absolute Gasteiger partial charge is 0.411 e. The Morgan fingerprint density at radius 1 is 0.619 bits per heavy atom. The normalized spacial score (nSPS) is 12.0. The van der Waals surface area contributed by atoms with Crippen LogP contribution in [-0.2, 0) is 0 Å². The van der Waals surface area contributed by atoms with Crippen LogP contribution in [0.15, 0.2) is 5.16 Å². The van der Waals surface area contributed by atoms with E-state index in [0.29, 0.717) is 0 Å². The van der Waals surface area contributed by atoms with Crippen LogP contribution in [0.4, 0.5) is 0 Å². The van der Waals surface area contributed by atoms with Crippen LogP contribution in [0.3, 0.4) is 0 Å². The van der Waals surface area contributed by atoms with Crippen molar-refractivity contribution in [1.29, 1.82) is 0 Å². The predicted octanol–water partition coefficient (Wildman–Crippen LogP) is 7.10. The topological polar surface area (TPSA) is 32.6 Å². The zero-order chi connectivity index (χ0) is 15.6. The van der Waals surface area contributed by atoms with Gasteiger partial charge in [0.2, 0.25) is 0 Å². The van der Waals surface area contributed by atoms with Crippen LogP contribution in [0.1, 0.15) is 117 Å². The highest BCUT2D eigenvalue weighted by Gasteiger charge is 1.95. The minimum Gasteiger partial charge on any atom is -0.411 e. The highest BCUT2D eigenvalue weighted by atomic mass is 16.4. The molecule has 0 unspecified atom stereocenters. The zero-order valence-electron chi connectivity index (χ0n) is 14.7. The summed E-state index contributed by atoms with van der Waals surface area (Å²) in [6, 6.07) is 0. The quantitative estimate of drug-likeness (QED) is 0.140. The van der Waals surface area contributed by atoms with E-state index in [9.17, 15) is 0 Å². The van der Waals surface area contributed by atoms with Crippen molar-refractivity contribution >= 4 is 5.71 Å². The molecule has 0 aliphatic heterocycles. The molecule has 0 saturated heterocycles. The van der Waals surface area contributed by atoms with Gasteiger partial charge in [0, 0.05) is 0 Å². The third kappa shape index (κ3) is 17.4. The van der Waals surface area contributed by atoms with Gasteiger partial charge in [-0.3, -0.25) is 0 Å². The second-order valence-corrected chi connectivity index (χ2v) is 6.54. The summed E-state index contributed by atoms with van der Waals surface area (Å²) in [4.78, 5) is 0. The first-order valence-corrected chi connectivity index (χ1v) is 9.48. The van der Waals surface area contributed by atoms with Crippen LogP contribution < -0.4 is 0 Å². The third-order valence-corrected chi connectivity index (χ3v) is 4.31. The molecular formula is C19H39NO. The van der Waals surface area contributed by atoms with Gasteiger partial charge in [0.25, 0.3) is 0 Å². The van der Waals surface area contributed by atoms with E-state index in [1.807, 2.05) is 6.92 Å². The van der Waals surface area contributed by atoms with Gasteiger partial charge >= 0.3 is 0 Å². The van der Waals surface area contributed by atoms with Crippen molar-refractivity contribution in [3.8, 4) is 0 Å². The molecule has 0 aromatic heterocycles. The molecule has 2 heteroatoms. The van der Waals surface area contributed by atoms with E-state index < -0.39 is 0 Å². The average molecular weight is 298 g/mol. The van der Waals surface area contributed by atoms with E-state index >= 15 is 0 Å². The molecule has 1 N–H and O–H groups in total. The first-order chi connectivity index (χ1) is 10.3. The van der Waals surface area contributed by atoms with Gasteiger partial charge in [0.1, 0.15) is 0 Å². The van der Waals surface area contributed by atoms with Crippen molar-refractivity contribution in [2.24, 2.45) is 5.16 Å². The smallest absolute Gasteiger partial charge is 0.0540 e. The molecule has 21 heavy (non-hydrogen) atoms. The zero-order valence-corrected chi connectivity index (χ0v) is 14.7. The van der Waals surface area contributed by atoms with Crippen LogP contribution in [0, 0.1) is 0 Å². The summed E-state index contributed by atoms with van der Waals surface area (Å²) in [6.45, 7) is 4.17. The van der Waals surface area contributed by atoms with E-state index in [1.165, 1.54) is 96.3 Å². The molecule has 0 aliphatic rings. The van der Waals surface area contributed by atoms with Crippen LogP contribution in [0.2, 0.25) is 0 Å². The van der Waals surface area contributed by atoms with Gasteiger partial charge in [-0.15, -0.1) is 0 Å². The summed E-state index contributed by atoms with van der Waals surface area (Å²) in [7, 11) is 0. The van der Waals surface area contributed by atoms with Crippen molar-refractivity contribution < 1.29 is 5.21 Å². The van der Waals surface area contributed by atoms with Gasteiger partial charge in [-0.1, -0.05) is 102 Å². The molecule has 0 amide bonds. The van der Waals surface area contributed by atoms with Crippen molar-refractivity contribution in [1.82, 2.24) is 0 Å². The average Bonchev–Trinajstić information content (AvgIpc) is 2.50. The monoisotopic (exact) mass is 297 g/mol. The SMILES string of the molecule is CCCCCCCCCCCCCCCCCC(C)=NO. The molecule has 0 rings (SSSR count). The molecule has 0 heterocycles. The summed E-state index contributed by atoms with van der Waals surface area (Å²) in [5.41, 5.74) is 0.865. The van der Waals surface area contributed by atoms with Gasteiger partial charge in [0.05, 0.1) is 5.71 Å². The van der Waals surface area contributed by atoms with E-state index in [0.717, 1.165) is 12.1 Å². The maximum Gasteiger partial charge on any atom is 0.0540 e. The number of unbranched alkanes of at least 4 members (excludes halogenated alkanes) is 14. The molecule has 0 radical (unpaired) electrons. The van der Waals surface area contributed by atoms with Crippen LogP contribution in [0.5, 0.6) is 0 Å².